The van der Waals surface area contributed by atoms with E-state index in [-0.39, 0.29) is 17.1 Å². The van der Waals surface area contributed by atoms with Crippen molar-refractivity contribution < 1.29 is 22.4 Å². The van der Waals surface area contributed by atoms with E-state index in [2.05, 4.69) is 5.32 Å². The van der Waals surface area contributed by atoms with Gasteiger partial charge in [-0.15, -0.1) is 0 Å². The summed E-state index contributed by atoms with van der Waals surface area (Å²) in [6, 6.07) is 18.4. The molecule has 2 amide bonds. The van der Waals surface area contributed by atoms with Crippen LogP contribution >= 0.6 is 11.6 Å². The largest absolute Gasteiger partial charge is 0.357 e. The second kappa shape index (κ2) is 11.3. The first-order valence-electron chi connectivity index (χ1n) is 10.7. The molecular weight excluding hydrogens is 493 g/mol. The number of hydrogen-bond acceptors (Lipinski definition) is 4. The number of hydrogen-bond donors (Lipinski definition) is 1. The predicted molar refractivity (Wildman–Crippen MR) is 133 cm³/mol. The van der Waals surface area contributed by atoms with E-state index in [1.54, 1.807) is 37.3 Å². The fourth-order valence-corrected chi connectivity index (χ4v) is 4.97. The van der Waals surface area contributed by atoms with Crippen LogP contribution in [0.1, 0.15) is 12.5 Å². The fourth-order valence-electron chi connectivity index (χ4n) is 3.43. The molecule has 0 heterocycles. The Bertz CT molecular complexity index is 1270. The molecule has 0 unspecified atom stereocenters. The van der Waals surface area contributed by atoms with Crippen molar-refractivity contribution in [2.75, 3.05) is 17.9 Å². The number of carbonyl (C=O) groups excluding carboxylic acids is 2. The summed E-state index contributed by atoms with van der Waals surface area (Å²) < 4.78 is 41.5. The minimum atomic E-state index is -4.15. The molecular formula is C25H25ClFN3O4S. The number of sulfonamides is 1. The van der Waals surface area contributed by atoms with Gasteiger partial charge < -0.3 is 10.2 Å². The second-order valence-corrected chi connectivity index (χ2v) is 10.0. The summed E-state index contributed by atoms with van der Waals surface area (Å²) in [6.45, 7) is 0.968. The van der Waals surface area contributed by atoms with Crippen LogP contribution in [-0.4, -0.2) is 44.8 Å². The van der Waals surface area contributed by atoms with Crippen LogP contribution in [-0.2, 0) is 26.2 Å². The van der Waals surface area contributed by atoms with Gasteiger partial charge in [-0.1, -0.05) is 41.9 Å². The first-order valence-corrected chi connectivity index (χ1v) is 12.5. The van der Waals surface area contributed by atoms with Gasteiger partial charge in [-0.3, -0.25) is 13.9 Å². The molecule has 0 saturated heterocycles. The first-order chi connectivity index (χ1) is 16.6. The molecule has 1 atom stereocenters. The maximum atomic E-state index is 13.5. The molecule has 1 N–H and O–H groups in total. The smallest absolute Gasteiger partial charge is 0.264 e. The van der Waals surface area contributed by atoms with Gasteiger partial charge >= 0.3 is 0 Å². The highest BCUT2D eigenvalue weighted by Crippen LogP contribution is 2.25. The normalized spacial score (nSPS) is 12.0. The number of carbonyl (C=O) groups is 2. The minimum Gasteiger partial charge on any atom is -0.357 e. The molecule has 0 radical (unpaired) electrons. The predicted octanol–water partition coefficient (Wildman–Crippen LogP) is 3.84. The molecule has 0 bridgehead atoms. The number of rotatable bonds is 9. The molecule has 0 aliphatic rings. The van der Waals surface area contributed by atoms with Crippen molar-refractivity contribution in [2.24, 2.45) is 0 Å². The average Bonchev–Trinajstić information content (AvgIpc) is 2.86. The van der Waals surface area contributed by atoms with Gasteiger partial charge in [-0.2, -0.15) is 0 Å². The van der Waals surface area contributed by atoms with Gasteiger partial charge in [0.15, 0.2) is 0 Å². The number of likely N-dealkylation sites (N-methyl/N-ethyl adjacent to an activating group) is 1. The summed E-state index contributed by atoms with van der Waals surface area (Å²) in [4.78, 5) is 27.2. The van der Waals surface area contributed by atoms with Gasteiger partial charge in [-0.25, -0.2) is 12.8 Å². The Hall–Kier alpha value is -3.43. The zero-order chi connectivity index (χ0) is 25.6. The lowest BCUT2D eigenvalue weighted by atomic mass is 10.1. The molecule has 3 aromatic carbocycles. The number of halogens is 2. The third-order valence-corrected chi connectivity index (χ3v) is 7.44. The monoisotopic (exact) mass is 517 g/mol. The van der Waals surface area contributed by atoms with Gasteiger partial charge in [0.05, 0.1) is 10.6 Å². The van der Waals surface area contributed by atoms with Gasteiger partial charge in [-0.05, 0) is 61.0 Å². The number of nitrogens with zero attached hydrogens (tertiary/aromatic N) is 2. The lowest BCUT2D eigenvalue weighted by molar-refractivity contribution is -0.139. The van der Waals surface area contributed by atoms with Crippen molar-refractivity contribution in [3.8, 4) is 0 Å². The summed E-state index contributed by atoms with van der Waals surface area (Å²) in [6.07, 6.45) is 0. The molecule has 10 heteroatoms. The molecule has 35 heavy (non-hydrogen) atoms. The molecule has 0 aliphatic heterocycles. The molecule has 3 aromatic rings. The Morgan fingerprint density at radius 2 is 1.57 bits per heavy atom. The summed E-state index contributed by atoms with van der Waals surface area (Å²) in [7, 11) is -2.71. The molecule has 0 aliphatic carbocycles. The van der Waals surface area contributed by atoms with Crippen molar-refractivity contribution in [3.63, 3.8) is 0 Å². The molecule has 3 rings (SSSR count). The van der Waals surface area contributed by atoms with Gasteiger partial charge in [0.2, 0.25) is 11.8 Å². The van der Waals surface area contributed by atoms with Crippen molar-refractivity contribution in [2.45, 2.75) is 24.4 Å². The average molecular weight is 518 g/mol. The fraction of sp³-hybridized carbons (Fsp3) is 0.200. The molecule has 7 nitrogen and oxygen atoms in total. The standard InChI is InChI=1S/C25H25ClFN3O4S/c1-18(25(32)28-2)29(16-19-8-12-21(27)13-9-19)24(31)17-30(22-6-4-3-5-7-22)35(33,34)23-14-10-20(26)11-15-23/h3-15,18H,16-17H2,1-2H3,(H,28,32)/t18-/m1/s1. The highest BCUT2D eigenvalue weighted by Gasteiger charge is 2.32. The van der Waals surface area contributed by atoms with Crippen molar-refractivity contribution in [3.05, 3.63) is 95.3 Å². The van der Waals surface area contributed by atoms with E-state index in [9.17, 15) is 22.4 Å². The van der Waals surface area contributed by atoms with E-state index in [4.69, 9.17) is 11.6 Å². The highest BCUT2D eigenvalue weighted by molar-refractivity contribution is 7.92. The van der Waals surface area contributed by atoms with Crippen LogP contribution in [0.15, 0.2) is 83.8 Å². The quantitative estimate of drug-likeness (QED) is 0.467. The Labute approximate surface area is 209 Å². The Kier molecular flexibility index (Phi) is 8.48. The molecule has 0 fully saturated rings. The summed E-state index contributed by atoms with van der Waals surface area (Å²) in [5.41, 5.74) is 0.868. The van der Waals surface area contributed by atoms with Crippen LogP contribution in [0.3, 0.4) is 0 Å². The van der Waals surface area contributed by atoms with Crippen molar-refractivity contribution in [1.82, 2.24) is 10.2 Å². The number of para-hydroxylation sites is 1. The van der Waals surface area contributed by atoms with Crippen LogP contribution in [0, 0.1) is 5.82 Å². The van der Waals surface area contributed by atoms with Crippen LogP contribution < -0.4 is 9.62 Å². The molecule has 0 saturated carbocycles. The molecule has 0 spiro atoms. The van der Waals surface area contributed by atoms with Crippen LogP contribution in [0.25, 0.3) is 0 Å². The molecule has 184 valence electrons. The third-order valence-electron chi connectivity index (χ3n) is 5.40. The number of anilines is 1. The third kappa shape index (κ3) is 6.37. The van der Waals surface area contributed by atoms with E-state index in [0.29, 0.717) is 10.6 Å². The Morgan fingerprint density at radius 1 is 0.971 bits per heavy atom. The Balaban J connectivity index is 1.99. The number of benzene rings is 3. The lowest BCUT2D eigenvalue weighted by Gasteiger charge is -2.31. The maximum absolute atomic E-state index is 13.5. The maximum Gasteiger partial charge on any atom is 0.264 e. The molecule has 0 aromatic heterocycles. The van der Waals surface area contributed by atoms with E-state index < -0.39 is 40.2 Å². The SMILES string of the molecule is CNC(=O)[C@@H](C)N(Cc1ccc(F)cc1)C(=O)CN(c1ccccc1)S(=O)(=O)c1ccc(Cl)cc1. The van der Waals surface area contributed by atoms with E-state index in [1.165, 1.54) is 60.5 Å². The summed E-state index contributed by atoms with van der Waals surface area (Å²) >= 11 is 5.92. The van der Waals surface area contributed by atoms with Crippen LogP contribution in [0.4, 0.5) is 10.1 Å². The lowest BCUT2D eigenvalue weighted by Crippen LogP contribution is -2.50. The summed E-state index contributed by atoms with van der Waals surface area (Å²) in [5, 5.41) is 2.88. The van der Waals surface area contributed by atoms with Crippen molar-refractivity contribution >= 4 is 39.1 Å². The number of amides is 2. The second-order valence-electron chi connectivity index (χ2n) is 7.74. The van der Waals surface area contributed by atoms with Gasteiger partial charge in [0, 0.05) is 18.6 Å². The van der Waals surface area contributed by atoms with Crippen LogP contribution in [0.2, 0.25) is 5.02 Å². The topological polar surface area (TPSA) is 86.8 Å². The van der Waals surface area contributed by atoms with E-state index in [0.717, 1.165) is 4.31 Å². The first kappa shape index (κ1) is 26.2. The number of nitrogens with one attached hydrogen (secondary N) is 1. The van der Waals surface area contributed by atoms with E-state index >= 15 is 0 Å². The summed E-state index contributed by atoms with van der Waals surface area (Å²) in [5.74, 6) is -1.46. The zero-order valence-electron chi connectivity index (χ0n) is 19.2. The Morgan fingerprint density at radius 3 is 2.14 bits per heavy atom. The van der Waals surface area contributed by atoms with Crippen molar-refractivity contribution in [1.29, 1.82) is 0 Å². The highest BCUT2D eigenvalue weighted by atomic mass is 35.5. The van der Waals surface area contributed by atoms with Crippen LogP contribution in [0.5, 0.6) is 0 Å². The van der Waals surface area contributed by atoms with Gasteiger partial charge in [0.25, 0.3) is 10.0 Å². The van der Waals surface area contributed by atoms with E-state index in [1.807, 2.05) is 0 Å². The zero-order valence-corrected chi connectivity index (χ0v) is 20.8. The van der Waals surface area contributed by atoms with Gasteiger partial charge in [0.1, 0.15) is 18.4 Å². The minimum absolute atomic E-state index is 0.0165.